The Morgan fingerprint density at radius 2 is 2.13 bits per heavy atom. The van der Waals surface area contributed by atoms with E-state index in [-0.39, 0.29) is 0 Å². The molecule has 15 heavy (non-hydrogen) atoms. The number of aliphatic hydroxyl groups is 2. The molecule has 5 nitrogen and oxygen atoms in total. The molecule has 0 spiro atoms. The zero-order valence-corrected chi connectivity index (χ0v) is 7.61. The molecule has 0 aromatic rings. The summed E-state index contributed by atoms with van der Waals surface area (Å²) in [4.78, 5) is 10.8. The molecule has 8 heteroatoms. The van der Waals surface area contributed by atoms with E-state index in [9.17, 15) is 18.0 Å². The number of rotatable bonds is 2. The third-order valence-electron chi connectivity index (χ3n) is 2.31. The second kappa shape index (κ2) is 3.62. The molecule has 1 aliphatic rings. The van der Waals surface area contributed by atoms with Crippen LogP contribution in [-0.2, 0) is 14.3 Å². The molecule has 1 aliphatic heterocycles. The van der Waals surface area contributed by atoms with Gasteiger partial charge in [-0.15, -0.1) is 0 Å². The zero-order valence-electron chi connectivity index (χ0n) is 7.61. The molecular weight excluding hydrogens is 221 g/mol. The molecule has 0 amide bonds. The summed E-state index contributed by atoms with van der Waals surface area (Å²) in [5.74, 6) is -1.46. The Morgan fingerprint density at radius 1 is 1.60 bits per heavy atom. The van der Waals surface area contributed by atoms with Crippen LogP contribution in [-0.4, -0.2) is 53.9 Å². The van der Waals surface area contributed by atoms with Crippen molar-refractivity contribution in [1.82, 2.24) is 0 Å². The fraction of sp³-hybridized carbons (Fsp3) is 0.857. The largest absolute Gasteiger partial charge is 0.454 e. The minimum absolute atomic E-state index is 0.682. The number of halogens is 3. The van der Waals surface area contributed by atoms with Crippen molar-refractivity contribution in [1.29, 1.82) is 0 Å². The Balaban J connectivity index is 3.19. The summed E-state index contributed by atoms with van der Waals surface area (Å²) in [7, 11) is 0.682. The van der Waals surface area contributed by atoms with Crippen molar-refractivity contribution in [2.75, 3.05) is 13.7 Å². The van der Waals surface area contributed by atoms with Crippen molar-refractivity contribution in [3.63, 3.8) is 0 Å². The van der Waals surface area contributed by atoms with Gasteiger partial charge in [0.25, 0.3) is 0 Å². The van der Waals surface area contributed by atoms with Crippen molar-refractivity contribution in [2.45, 2.75) is 24.0 Å². The van der Waals surface area contributed by atoms with Gasteiger partial charge in [-0.1, -0.05) is 0 Å². The minimum Gasteiger partial charge on any atom is -0.454 e. The molecule has 2 N–H and O–H groups in total. The molecule has 1 saturated heterocycles. The van der Waals surface area contributed by atoms with Crippen LogP contribution in [0.4, 0.5) is 13.2 Å². The minimum atomic E-state index is -5.03. The smallest absolute Gasteiger partial charge is 0.424 e. The Morgan fingerprint density at radius 3 is 2.40 bits per heavy atom. The average Bonchev–Trinajstić information content (AvgIpc) is 2.39. The van der Waals surface area contributed by atoms with Gasteiger partial charge in [-0.05, 0) is 0 Å². The lowest BCUT2D eigenvalue weighted by Crippen LogP contribution is -2.61. The van der Waals surface area contributed by atoms with E-state index in [1.807, 2.05) is 0 Å². The number of carbonyl (C=O) groups excluding carboxylic acids is 1. The highest BCUT2D eigenvalue weighted by atomic mass is 19.4. The maximum absolute atomic E-state index is 12.6. The first-order valence-electron chi connectivity index (χ1n) is 3.92. The van der Waals surface area contributed by atoms with Crippen LogP contribution in [0.1, 0.15) is 0 Å². The molecule has 0 bridgehead atoms. The SMILES string of the molecule is CO[C@]1(C(F)(F)F)[C@@H](CO)OC(=O)[C@@H]1O. The van der Waals surface area contributed by atoms with Crippen LogP contribution in [0.15, 0.2) is 0 Å². The summed E-state index contributed by atoms with van der Waals surface area (Å²) in [6.45, 7) is -1.09. The van der Waals surface area contributed by atoms with Crippen LogP contribution in [0.5, 0.6) is 0 Å². The van der Waals surface area contributed by atoms with Crippen LogP contribution in [0.2, 0.25) is 0 Å². The second-order valence-corrected chi connectivity index (χ2v) is 3.01. The van der Waals surface area contributed by atoms with Gasteiger partial charge in [0, 0.05) is 7.11 Å². The highest BCUT2D eigenvalue weighted by molar-refractivity contribution is 5.79. The predicted molar refractivity (Wildman–Crippen MR) is 38.8 cm³/mol. The molecule has 88 valence electrons. The first kappa shape index (κ1) is 12.2. The van der Waals surface area contributed by atoms with Crippen LogP contribution in [0, 0.1) is 0 Å². The third-order valence-corrected chi connectivity index (χ3v) is 2.31. The quantitative estimate of drug-likeness (QED) is 0.608. The number of ether oxygens (including phenoxy) is 2. The third kappa shape index (κ3) is 1.48. The maximum Gasteiger partial charge on any atom is 0.424 e. The van der Waals surface area contributed by atoms with Crippen molar-refractivity contribution >= 4 is 5.97 Å². The zero-order chi connectivity index (χ0) is 11.9. The summed E-state index contributed by atoms with van der Waals surface area (Å²) >= 11 is 0. The van der Waals surface area contributed by atoms with E-state index in [4.69, 9.17) is 10.2 Å². The normalized spacial score (nSPS) is 36.8. The van der Waals surface area contributed by atoms with Gasteiger partial charge in [-0.3, -0.25) is 0 Å². The molecule has 0 aromatic heterocycles. The molecule has 0 unspecified atom stereocenters. The Bertz CT molecular complexity index is 266. The predicted octanol–water partition coefficient (Wildman–Crippen LogP) is -0.787. The number of carbonyl (C=O) groups is 1. The molecule has 0 radical (unpaired) electrons. The summed E-state index contributed by atoms with van der Waals surface area (Å²) in [6, 6.07) is 0. The Hall–Kier alpha value is -0.860. The lowest BCUT2D eigenvalue weighted by atomic mass is 9.92. The molecule has 0 saturated carbocycles. The fourth-order valence-corrected chi connectivity index (χ4v) is 1.51. The van der Waals surface area contributed by atoms with Crippen molar-refractivity contribution in [3.05, 3.63) is 0 Å². The fourth-order valence-electron chi connectivity index (χ4n) is 1.51. The van der Waals surface area contributed by atoms with Gasteiger partial charge in [0.05, 0.1) is 6.61 Å². The molecule has 0 aliphatic carbocycles. The summed E-state index contributed by atoms with van der Waals surface area (Å²) in [6.07, 6.45) is -9.47. The second-order valence-electron chi connectivity index (χ2n) is 3.01. The number of aliphatic hydroxyl groups excluding tert-OH is 2. The number of cyclic esters (lactones) is 1. The van der Waals surface area contributed by atoms with Gasteiger partial charge in [0.1, 0.15) is 0 Å². The first-order chi connectivity index (χ1) is 6.81. The molecule has 0 aromatic carbocycles. The summed E-state index contributed by atoms with van der Waals surface area (Å²) in [5.41, 5.74) is -3.20. The monoisotopic (exact) mass is 230 g/mol. The van der Waals surface area contributed by atoms with Gasteiger partial charge in [-0.2, -0.15) is 13.2 Å². The number of hydrogen-bond acceptors (Lipinski definition) is 5. The Kier molecular flexibility index (Phi) is 2.94. The molecule has 3 atom stereocenters. The first-order valence-corrected chi connectivity index (χ1v) is 3.92. The van der Waals surface area contributed by atoms with Gasteiger partial charge in [0.2, 0.25) is 5.60 Å². The van der Waals surface area contributed by atoms with Crippen LogP contribution >= 0.6 is 0 Å². The van der Waals surface area contributed by atoms with E-state index >= 15 is 0 Å². The van der Waals surface area contributed by atoms with Gasteiger partial charge in [-0.25, -0.2) is 4.79 Å². The van der Waals surface area contributed by atoms with Gasteiger partial charge >= 0.3 is 12.1 Å². The average molecular weight is 230 g/mol. The van der Waals surface area contributed by atoms with E-state index in [2.05, 4.69) is 9.47 Å². The lowest BCUT2D eigenvalue weighted by molar-refractivity contribution is -0.305. The number of hydrogen-bond donors (Lipinski definition) is 2. The van der Waals surface area contributed by atoms with E-state index < -0.39 is 36.6 Å². The van der Waals surface area contributed by atoms with Crippen LogP contribution in [0.3, 0.4) is 0 Å². The molecular formula is C7H9F3O5. The van der Waals surface area contributed by atoms with Crippen molar-refractivity contribution < 1.29 is 37.7 Å². The van der Waals surface area contributed by atoms with E-state index in [1.165, 1.54) is 0 Å². The lowest BCUT2D eigenvalue weighted by Gasteiger charge is -2.33. The standard InChI is InChI=1S/C7H9F3O5/c1-14-6(7(8,9)10)3(2-11)15-5(13)4(6)12/h3-4,11-12H,2H2,1H3/t3-,4+,6-/m1/s1. The highest BCUT2D eigenvalue weighted by Crippen LogP contribution is 2.44. The molecule has 1 rings (SSSR count). The van der Waals surface area contributed by atoms with E-state index in [0.29, 0.717) is 7.11 Å². The van der Waals surface area contributed by atoms with Crippen LogP contribution in [0.25, 0.3) is 0 Å². The maximum atomic E-state index is 12.6. The van der Waals surface area contributed by atoms with Crippen LogP contribution < -0.4 is 0 Å². The van der Waals surface area contributed by atoms with Crippen molar-refractivity contribution in [2.24, 2.45) is 0 Å². The number of methoxy groups -OCH3 is 1. The van der Waals surface area contributed by atoms with E-state index in [0.717, 1.165) is 0 Å². The molecule has 1 heterocycles. The summed E-state index contributed by atoms with van der Waals surface area (Å²) < 4.78 is 46.3. The van der Waals surface area contributed by atoms with Crippen molar-refractivity contribution in [3.8, 4) is 0 Å². The number of alkyl halides is 3. The molecule has 1 fully saturated rings. The van der Waals surface area contributed by atoms with Gasteiger partial charge < -0.3 is 19.7 Å². The van der Waals surface area contributed by atoms with Gasteiger partial charge in [0.15, 0.2) is 12.2 Å². The van der Waals surface area contributed by atoms with E-state index in [1.54, 1.807) is 0 Å². The topological polar surface area (TPSA) is 76.0 Å². The Labute approximate surface area is 82.4 Å². The summed E-state index contributed by atoms with van der Waals surface area (Å²) in [5, 5.41) is 17.8. The highest BCUT2D eigenvalue weighted by Gasteiger charge is 2.72. The number of esters is 1.